The van der Waals surface area contributed by atoms with Crippen LogP contribution in [-0.2, 0) is 26.3 Å². The van der Waals surface area contributed by atoms with Gasteiger partial charge in [-0.2, -0.15) is 0 Å². The largest absolute Gasteiger partial charge is 0.384 e. The maximum absolute atomic E-state index is 12.4. The van der Waals surface area contributed by atoms with E-state index in [1.54, 1.807) is 7.11 Å². The number of ether oxygens (including phenoxy) is 2. The maximum Gasteiger partial charge on any atom is 0.224 e. The lowest BCUT2D eigenvalue weighted by Gasteiger charge is -2.34. The van der Waals surface area contributed by atoms with Crippen molar-refractivity contribution in [2.24, 2.45) is 5.92 Å². The van der Waals surface area contributed by atoms with Crippen LogP contribution in [0.1, 0.15) is 36.9 Å². The summed E-state index contributed by atoms with van der Waals surface area (Å²) in [5.41, 5.74) is 1.92. The molecule has 1 saturated carbocycles. The van der Waals surface area contributed by atoms with Gasteiger partial charge in [0.15, 0.2) is 0 Å². The van der Waals surface area contributed by atoms with Gasteiger partial charge in [0.2, 0.25) is 11.9 Å². The predicted molar refractivity (Wildman–Crippen MR) is 92.3 cm³/mol. The smallest absolute Gasteiger partial charge is 0.224 e. The molecule has 7 nitrogen and oxygen atoms in total. The van der Waals surface area contributed by atoms with Crippen molar-refractivity contribution in [3.05, 3.63) is 17.5 Å². The number of rotatable bonds is 6. The number of hydrogen-bond donors (Lipinski definition) is 1. The first-order chi connectivity index (χ1) is 12.2. The van der Waals surface area contributed by atoms with E-state index < -0.39 is 0 Å². The van der Waals surface area contributed by atoms with Gasteiger partial charge >= 0.3 is 0 Å². The van der Waals surface area contributed by atoms with Gasteiger partial charge in [0, 0.05) is 38.5 Å². The minimum Gasteiger partial charge on any atom is -0.384 e. The van der Waals surface area contributed by atoms with Crippen molar-refractivity contribution in [3.63, 3.8) is 0 Å². The Kier molecular flexibility index (Phi) is 4.60. The van der Waals surface area contributed by atoms with Gasteiger partial charge in [-0.05, 0) is 25.2 Å². The van der Waals surface area contributed by atoms with E-state index >= 15 is 0 Å². The van der Waals surface area contributed by atoms with Gasteiger partial charge in [-0.1, -0.05) is 0 Å². The van der Waals surface area contributed by atoms with Gasteiger partial charge < -0.3 is 19.7 Å². The van der Waals surface area contributed by atoms with Gasteiger partial charge in [-0.25, -0.2) is 9.97 Å². The van der Waals surface area contributed by atoms with Crippen LogP contribution in [0.25, 0.3) is 0 Å². The van der Waals surface area contributed by atoms with Gasteiger partial charge in [-0.3, -0.25) is 4.79 Å². The van der Waals surface area contributed by atoms with Crippen LogP contribution in [0.5, 0.6) is 0 Å². The predicted octanol–water partition coefficient (Wildman–Crippen LogP) is 1.34. The summed E-state index contributed by atoms with van der Waals surface area (Å²) in [6, 6.07) is 0. The van der Waals surface area contributed by atoms with E-state index in [2.05, 4.69) is 10.3 Å². The van der Waals surface area contributed by atoms with E-state index in [0.29, 0.717) is 38.7 Å². The van der Waals surface area contributed by atoms with Gasteiger partial charge in [-0.15, -0.1) is 0 Å². The van der Waals surface area contributed by atoms with Gasteiger partial charge in [0.05, 0.1) is 37.4 Å². The molecule has 1 aromatic rings. The Hall–Kier alpha value is -1.73. The third-order valence-corrected chi connectivity index (χ3v) is 5.48. The molecular weight excluding hydrogens is 320 g/mol. The van der Waals surface area contributed by atoms with Crippen molar-refractivity contribution in [1.82, 2.24) is 14.9 Å². The highest BCUT2D eigenvalue weighted by Gasteiger charge is 2.46. The Morgan fingerprint density at radius 1 is 1.52 bits per heavy atom. The van der Waals surface area contributed by atoms with E-state index in [0.717, 1.165) is 36.7 Å². The molecule has 1 spiro atoms. The molecule has 0 bridgehead atoms. The number of anilines is 1. The van der Waals surface area contributed by atoms with E-state index in [-0.39, 0.29) is 11.3 Å². The van der Waals surface area contributed by atoms with Crippen LogP contribution in [0.4, 0.5) is 5.95 Å². The van der Waals surface area contributed by atoms with Crippen LogP contribution in [0, 0.1) is 5.92 Å². The Labute approximate surface area is 148 Å². The Bertz CT molecular complexity index is 649. The number of carbonyl (C=O) groups excluding carboxylic acids is 1. The Morgan fingerprint density at radius 3 is 3.20 bits per heavy atom. The van der Waals surface area contributed by atoms with Crippen LogP contribution < -0.4 is 5.32 Å². The lowest BCUT2D eigenvalue weighted by molar-refractivity contribution is -0.131. The lowest BCUT2D eigenvalue weighted by atomic mass is 9.80. The molecule has 2 fully saturated rings. The standard InChI is InChI=1S/C18H26N4O3/c1-24-7-4-15(23)22-6-5-18(11-22)12-25-10-14-9-20-17(21-16(14)18)19-8-13-2-3-13/h9,13H,2-8,10-12H2,1H3,(H,19,20,21). The third kappa shape index (κ3) is 3.48. The van der Waals surface area contributed by atoms with Crippen LogP contribution in [0.2, 0.25) is 0 Å². The molecule has 2 aliphatic heterocycles. The maximum atomic E-state index is 12.4. The number of carbonyl (C=O) groups is 1. The number of fused-ring (bicyclic) bond motifs is 2. The fraction of sp³-hybridized carbons (Fsp3) is 0.722. The van der Waals surface area contributed by atoms with Gasteiger partial charge in [0.25, 0.3) is 0 Å². The number of methoxy groups -OCH3 is 1. The molecule has 0 radical (unpaired) electrons. The number of likely N-dealkylation sites (tertiary alicyclic amines) is 1. The zero-order valence-corrected chi connectivity index (χ0v) is 14.8. The molecular formula is C18H26N4O3. The average Bonchev–Trinajstić information content (AvgIpc) is 3.38. The van der Waals surface area contributed by atoms with Crippen LogP contribution in [0.3, 0.4) is 0 Å². The minimum absolute atomic E-state index is 0.145. The van der Waals surface area contributed by atoms with Crippen molar-refractivity contribution in [1.29, 1.82) is 0 Å². The fourth-order valence-corrected chi connectivity index (χ4v) is 3.78. The number of nitrogens with zero attached hydrogens (tertiary/aromatic N) is 3. The highest BCUT2D eigenvalue weighted by molar-refractivity contribution is 5.77. The van der Waals surface area contributed by atoms with E-state index in [1.165, 1.54) is 12.8 Å². The molecule has 1 unspecified atom stereocenters. The summed E-state index contributed by atoms with van der Waals surface area (Å²) >= 11 is 0. The van der Waals surface area contributed by atoms with Crippen LogP contribution in [-0.4, -0.2) is 60.7 Å². The molecule has 1 atom stereocenters. The normalized spacial score (nSPS) is 25.2. The monoisotopic (exact) mass is 346 g/mol. The second-order valence-corrected chi connectivity index (χ2v) is 7.47. The van der Waals surface area contributed by atoms with Crippen molar-refractivity contribution in [3.8, 4) is 0 Å². The molecule has 1 amide bonds. The topological polar surface area (TPSA) is 76.6 Å². The van der Waals surface area contributed by atoms with Gasteiger partial charge in [0.1, 0.15) is 0 Å². The molecule has 3 aliphatic rings. The molecule has 4 rings (SSSR count). The zero-order chi connectivity index (χ0) is 17.3. The molecule has 25 heavy (non-hydrogen) atoms. The first-order valence-corrected chi connectivity index (χ1v) is 9.15. The second-order valence-electron chi connectivity index (χ2n) is 7.47. The summed E-state index contributed by atoms with van der Waals surface area (Å²) in [6.45, 7) is 4.00. The summed E-state index contributed by atoms with van der Waals surface area (Å²) < 4.78 is 10.9. The average molecular weight is 346 g/mol. The van der Waals surface area contributed by atoms with E-state index in [1.807, 2.05) is 11.1 Å². The first-order valence-electron chi connectivity index (χ1n) is 9.15. The summed E-state index contributed by atoms with van der Waals surface area (Å²) in [5.74, 6) is 1.63. The summed E-state index contributed by atoms with van der Waals surface area (Å²) in [6.07, 6.45) is 5.80. The first kappa shape index (κ1) is 16.7. The second kappa shape index (κ2) is 6.88. The molecule has 0 aromatic carbocycles. The summed E-state index contributed by atoms with van der Waals surface area (Å²) in [7, 11) is 1.62. The molecule has 136 valence electrons. The summed E-state index contributed by atoms with van der Waals surface area (Å²) in [4.78, 5) is 23.6. The zero-order valence-electron chi connectivity index (χ0n) is 14.8. The molecule has 1 saturated heterocycles. The van der Waals surface area contributed by atoms with Crippen LogP contribution in [0.15, 0.2) is 6.20 Å². The fourth-order valence-electron chi connectivity index (χ4n) is 3.78. The lowest BCUT2D eigenvalue weighted by Crippen LogP contribution is -2.42. The Morgan fingerprint density at radius 2 is 2.40 bits per heavy atom. The van der Waals surface area contributed by atoms with Crippen molar-refractivity contribution >= 4 is 11.9 Å². The highest BCUT2D eigenvalue weighted by Crippen LogP contribution is 2.39. The number of aromatic nitrogens is 2. The molecule has 1 N–H and O–H groups in total. The van der Waals surface area contributed by atoms with Crippen molar-refractivity contribution < 1.29 is 14.3 Å². The summed E-state index contributed by atoms with van der Waals surface area (Å²) in [5, 5.41) is 3.36. The SMILES string of the molecule is COCCC(=O)N1CCC2(COCc3cnc(NCC4CC4)nc32)C1. The van der Waals surface area contributed by atoms with Crippen LogP contribution >= 0.6 is 0 Å². The number of amides is 1. The molecule has 1 aromatic heterocycles. The van der Waals surface area contributed by atoms with Crippen molar-refractivity contribution in [2.45, 2.75) is 37.7 Å². The highest BCUT2D eigenvalue weighted by atomic mass is 16.5. The van der Waals surface area contributed by atoms with E-state index in [4.69, 9.17) is 14.5 Å². The number of hydrogen-bond acceptors (Lipinski definition) is 6. The number of nitrogens with one attached hydrogen (secondary N) is 1. The molecule has 1 aliphatic carbocycles. The Balaban J connectivity index is 1.51. The minimum atomic E-state index is -0.199. The quantitative estimate of drug-likeness (QED) is 0.838. The molecule has 7 heteroatoms. The van der Waals surface area contributed by atoms with E-state index in [9.17, 15) is 4.79 Å². The van der Waals surface area contributed by atoms with Crippen molar-refractivity contribution in [2.75, 3.05) is 45.3 Å². The third-order valence-electron chi connectivity index (χ3n) is 5.48. The molecule has 3 heterocycles.